The lowest BCUT2D eigenvalue weighted by Crippen LogP contribution is -2.17. The minimum Gasteiger partial charge on any atom is -0.457 e. The lowest BCUT2D eigenvalue weighted by atomic mass is 10.1. The third-order valence-corrected chi connectivity index (χ3v) is 3.47. The summed E-state index contributed by atoms with van der Waals surface area (Å²) >= 11 is 0. The Balaban J connectivity index is 2.18. The monoisotopic (exact) mass is 269 g/mol. The number of nitrogens with two attached hydrogens (primary N) is 1. The Morgan fingerprint density at radius 3 is 2.30 bits per heavy atom. The van der Waals surface area contributed by atoms with Crippen LogP contribution in [0.5, 0.6) is 11.5 Å². The highest BCUT2D eigenvalue weighted by atomic mass is 16.5. The van der Waals surface area contributed by atoms with Crippen LogP contribution in [0.25, 0.3) is 0 Å². The molecule has 0 heterocycles. The lowest BCUT2D eigenvalue weighted by Gasteiger charge is -2.13. The highest BCUT2D eigenvalue weighted by Gasteiger charge is 2.06. The Kier molecular flexibility index (Phi) is 4.46. The van der Waals surface area contributed by atoms with Crippen molar-refractivity contribution in [3.63, 3.8) is 0 Å². The fraction of sp³-hybridized carbons (Fsp3) is 0.333. The maximum absolute atomic E-state index is 6.00. The van der Waals surface area contributed by atoms with Crippen molar-refractivity contribution in [3.8, 4) is 11.5 Å². The van der Waals surface area contributed by atoms with Crippen molar-refractivity contribution in [2.75, 3.05) is 0 Å². The lowest BCUT2D eigenvalue weighted by molar-refractivity contribution is 0.477. The summed E-state index contributed by atoms with van der Waals surface area (Å²) in [5.74, 6) is 1.80. The standard InChI is InChI=1S/C18H23NO/c1-12-9-13(2)15(4)18(10-12)20-17-7-5-16(6-8-17)11-14(3)19/h5-10,14H,11,19H2,1-4H3. The summed E-state index contributed by atoms with van der Waals surface area (Å²) in [7, 11) is 0. The zero-order chi connectivity index (χ0) is 14.7. The molecule has 2 N–H and O–H groups in total. The van der Waals surface area contributed by atoms with Crippen molar-refractivity contribution in [3.05, 3.63) is 58.7 Å². The average Bonchev–Trinajstić information content (AvgIpc) is 2.37. The third kappa shape index (κ3) is 3.61. The highest BCUT2D eigenvalue weighted by molar-refractivity contribution is 5.44. The van der Waals surface area contributed by atoms with E-state index < -0.39 is 0 Å². The van der Waals surface area contributed by atoms with Crippen molar-refractivity contribution in [2.24, 2.45) is 5.73 Å². The normalized spacial score (nSPS) is 12.2. The molecule has 0 bridgehead atoms. The van der Waals surface area contributed by atoms with E-state index in [0.717, 1.165) is 17.9 Å². The summed E-state index contributed by atoms with van der Waals surface area (Å²) in [6.07, 6.45) is 0.892. The van der Waals surface area contributed by atoms with Gasteiger partial charge in [0.05, 0.1) is 0 Å². The summed E-state index contributed by atoms with van der Waals surface area (Å²) in [5, 5.41) is 0. The van der Waals surface area contributed by atoms with Crippen LogP contribution in [0.4, 0.5) is 0 Å². The quantitative estimate of drug-likeness (QED) is 0.898. The van der Waals surface area contributed by atoms with Gasteiger partial charge in [-0.15, -0.1) is 0 Å². The second-order valence-electron chi connectivity index (χ2n) is 5.63. The molecule has 0 saturated heterocycles. The second-order valence-corrected chi connectivity index (χ2v) is 5.63. The van der Waals surface area contributed by atoms with Crippen LogP contribution >= 0.6 is 0 Å². The van der Waals surface area contributed by atoms with Gasteiger partial charge in [-0.1, -0.05) is 18.2 Å². The molecule has 0 aliphatic rings. The maximum atomic E-state index is 6.00. The maximum Gasteiger partial charge on any atom is 0.130 e. The van der Waals surface area contributed by atoms with Crippen LogP contribution in [0, 0.1) is 20.8 Å². The Morgan fingerprint density at radius 1 is 1.05 bits per heavy atom. The van der Waals surface area contributed by atoms with Gasteiger partial charge in [0, 0.05) is 6.04 Å². The molecular weight excluding hydrogens is 246 g/mol. The largest absolute Gasteiger partial charge is 0.457 e. The molecule has 1 atom stereocenters. The summed E-state index contributed by atoms with van der Waals surface area (Å²) < 4.78 is 6.00. The van der Waals surface area contributed by atoms with E-state index in [1.54, 1.807) is 0 Å². The third-order valence-electron chi connectivity index (χ3n) is 3.47. The van der Waals surface area contributed by atoms with Gasteiger partial charge in [0.15, 0.2) is 0 Å². The predicted molar refractivity (Wildman–Crippen MR) is 84.5 cm³/mol. The van der Waals surface area contributed by atoms with E-state index in [4.69, 9.17) is 10.5 Å². The predicted octanol–water partition coefficient (Wildman–Crippen LogP) is 4.29. The average molecular weight is 269 g/mol. The Bertz CT molecular complexity index is 585. The van der Waals surface area contributed by atoms with Gasteiger partial charge in [0.25, 0.3) is 0 Å². The number of benzene rings is 2. The van der Waals surface area contributed by atoms with Gasteiger partial charge >= 0.3 is 0 Å². The molecule has 0 fully saturated rings. The SMILES string of the molecule is Cc1cc(C)c(C)c(Oc2ccc(CC(C)N)cc2)c1. The molecule has 0 aliphatic carbocycles. The fourth-order valence-corrected chi connectivity index (χ4v) is 2.30. The number of aryl methyl sites for hydroxylation is 2. The van der Waals surface area contributed by atoms with E-state index in [1.165, 1.54) is 22.3 Å². The molecule has 20 heavy (non-hydrogen) atoms. The molecule has 106 valence electrons. The van der Waals surface area contributed by atoms with Gasteiger partial charge in [-0.25, -0.2) is 0 Å². The molecule has 0 radical (unpaired) electrons. The number of hydrogen-bond acceptors (Lipinski definition) is 2. The van der Waals surface area contributed by atoms with Crippen molar-refractivity contribution in [1.29, 1.82) is 0 Å². The minimum atomic E-state index is 0.184. The second kappa shape index (κ2) is 6.10. The highest BCUT2D eigenvalue weighted by Crippen LogP contribution is 2.28. The Hall–Kier alpha value is -1.80. The van der Waals surface area contributed by atoms with Crippen LogP contribution in [-0.4, -0.2) is 6.04 Å². The molecule has 2 nitrogen and oxygen atoms in total. The summed E-state index contributed by atoms with van der Waals surface area (Å²) in [6, 6.07) is 12.6. The molecule has 2 aromatic rings. The number of rotatable bonds is 4. The van der Waals surface area contributed by atoms with Crippen LogP contribution in [0.2, 0.25) is 0 Å². The molecule has 0 spiro atoms. The van der Waals surface area contributed by atoms with Gasteiger partial charge in [-0.2, -0.15) is 0 Å². The van der Waals surface area contributed by atoms with E-state index in [1.807, 2.05) is 19.1 Å². The molecule has 0 aromatic heterocycles. The molecular formula is C18H23NO. The first-order valence-electron chi connectivity index (χ1n) is 7.06. The van der Waals surface area contributed by atoms with Crippen molar-refractivity contribution < 1.29 is 4.74 Å². The molecule has 0 amide bonds. The van der Waals surface area contributed by atoms with E-state index in [2.05, 4.69) is 45.0 Å². The van der Waals surface area contributed by atoms with E-state index in [-0.39, 0.29) is 6.04 Å². The first-order valence-corrected chi connectivity index (χ1v) is 7.06. The molecule has 2 heteroatoms. The molecule has 0 aliphatic heterocycles. The number of ether oxygens (including phenoxy) is 1. The van der Waals surface area contributed by atoms with Gasteiger partial charge < -0.3 is 10.5 Å². The minimum absolute atomic E-state index is 0.184. The van der Waals surface area contributed by atoms with E-state index >= 15 is 0 Å². The number of hydrogen-bond donors (Lipinski definition) is 1. The van der Waals surface area contributed by atoms with Gasteiger partial charge in [-0.05, 0) is 74.6 Å². The van der Waals surface area contributed by atoms with Crippen molar-refractivity contribution in [2.45, 2.75) is 40.2 Å². The van der Waals surface area contributed by atoms with E-state index in [9.17, 15) is 0 Å². The summed E-state index contributed by atoms with van der Waals surface area (Å²) in [6.45, 7) is 8.31. The zero-order valence-corrected chi connectivity index (χ0v) is 12.7. The van der Waals surface area contributed by atoms with Crippen LogP contribution in [0.1, 0.15) is 29.2 Å². The van der Waals surface area contributed by atoms with E-state index in [0.29, 0.717) is 0 Å². The Morgan fingerprint density at radius 2 is 1.70 bits per heavy atom. The van der Waals surface area contributed by atoms with Crippen LogP contribution < -0.4 is 10.5 Å². The Labute approximate surface area is 121 Å². The first kappa shape index (κ1) is 14.6. The fourth-order valence-electron chi connectivity index (χ4n) is 2.30. The van der Waals surface area contributed by atoms with Crippen LogP contribution in [0.15, 0.2) is 36.4 Å². The first-order chi connectivity index (χ1) is 9.45. The summed E-state index contributed by atoms with van der Waals surface area (Å²) in [4.78, 5) is 0. The van der Waals surface area contributed by atoms with Crippen LogP contribution in [0.3, 0.4) is 0 Å². The molecule has 0 saturated carbocycles. The van der Waals surface area contributed by atoms with Crippen molar-refractivity contribution >= 4 is 0 Å². The smallest absolute Gasteiger partial charge is 0.130 e. The molecule has 2 rings (SSSR count). The van der Waals surface area contributed by atoms with Gasteiger partial charge in [-0.3, -0.25) is 0 Å². The molecule has 1 unspecified atom stereocenters. The van der Waals surface area contributed by atoms with Crippen LogP contribution in [-0.2, 0) is 6.42 Å². The van der Waals surface area contributed by atoms with Gasteiger partial charge in [0.1, 0.15) is 11.5 Å². The topological polar surface area (TPSA) is 35.2 Å². The van der Waals surface area contributed by atoms with Crippen molar-refractivity contribution in [1.82, 2.24) is 0 Å². The van der Waals surface area contributed by atoms with Gasteiger partial charge in [0.2, 0.25) is 0 Å². The summed E-state index contributed by atoms with van der Waals surface area (Å²) in [5.41, 5.74) is 10.7. The zero-order valence-electron chi connectivity index (χ0n) is 12.7. The molecule has 2 aromatic carbocycles.